The number of thiazole rings is 1. The molecular formula is C18H32N2S. The van der Waals surface area contributed by atoms with Gasteiger partial charge < -0.3 is 5.32 Å². The molecule has 0 saturated heterocycles. The van der Waals surface area contributed by atoms with Gasteiger partial charge in [0.15, 0.2) is 0 Å². The van der Waals surface area contributed by atoms with E-state index in [9.17, 15) is 0 Å². The predicted octanol–water partition coefficient (Wildman–Crippen LogP) is 4.93. The molecule has 1 aromatic heterocycles. The first-order valence-corrected chi connectivity index (χ1v) is 9.57. The van der Waals surface area contributed by atoms with Crippen LogP contribution in [-0.4, -0.2) is 17.6 Å². The molecule has 0 spiro atoms. The number of rotatable bonds is 6. The van der Waals surface area contributed by atoms with Crippen molar-refractivity contribution >= 4 is 11.3 Å². The van der Waals surface area contributed by atoms with E-state index in [2.05, 4.69) is 38.4 Å². The largest absolute Gasteiger partial charge is 0.313 e. The number of hydrogen-bond acceptors (Lipinski definition) is 3. The molecule has 120 valence electrons. The highest BCUT2D eigenvalue weighted by molar-refractivity contribution is 7.09. The Balaban J connectivity index is 2.01. The van der Waals surface area contributed by atoms with E-state index in [0.29, 0.717) is 6.04 Å². The predicted molar refractivity (Wildman–Crippen MR) is 93.2 cm³/mol. The van der Waals surface area contributed by atoms with Crippen LogP contribution in [0.1, 0.15) is 76.9 Å². The van der Waals surface area contributed by atoms with Crippen molar-refractivity contribution in [1.29, 1.82) is 0 Å². The average Bonchev–Trinajstić information content (AvgIpc) is 2.93. The summed E-state index contributed by atoms with van der Waals surface area (Å²) in [6, 6.07) is 0.629. The molecule has 0 radical (unpaired) electrons. The summed E-state index contributed by atoms with van der Waals surface area (Å²) in [6.45, 7) is 10.1. The van der Waals surface area contributed by atoms with Gasteiger partial charge in [0.2, 0.25) is 0 Å². The molecule has 0 amide bonds. The molecule has 0 bridgehead atoms. The summed E-state index contributed by atoms with van der Waals surface area (Å²) in [6.07, 6.45) is 9.40. The molecule has 1 fully saturated rings. The highest BCUT2D eigenvalue weighted by atomic mass is 32.1. The maximum Gasteiger partial charge on any atom is 0.0944 e. The van der Waals surface area contributed by atoms with E-state index in [-0.39, 0.29) is 5.41 Å². The monoisotopic (exact) mass is 308 g/mol. The zero-order valence-corrected chi connectivity index (χ0v) is 15.1. The molecule has 3 heteroatoms. The summed E-state index contributed by atoms with van der Waals surface area (Å²) in [5.41, 5.74) is 1.42. The van der Waals surface area contributed by atoms with Gasteiger partial charge in [-0.25, -0.2) is 4.98 Å². The molecule has 1 unspecified atom stereocenters. The van der Waals surface area contributed by atoms with Crippen molar-refractivity contribution in [3.8, 4) is 0 Å². The molecule has 0 aliphatic heterocycles. The van der Waals surface area contributed by atoms with Crippen molar-refractivity contribution < 1.29 is 0 Å². The van der Waals surface area contributed by atoms with Crippen molar-refractivity contribution in [3.05, 3.63) is 16.1 Å². The quantitative estimate of drug-likeness (QED) is 0.806. The third-order valence-electron chi connectivity index (χ3n) is 4.59. The van der Waals surface area contributed by atoms with E-state index >= 15 is 0 Å². The van der Waals surface area contributed by atoms with E-state index in [1.165, 1.54) is 49.2 Å². The third kappa shape index (κ3) is 5.07. The third-order valence-corrected chi connectivity index (χ3v) is 5.46. The van der Waals surface area contributed by atoms with Gasteiger partial charge in [0.1, 0.15) is 0 Å². The van der Waals surface area contributed by atoms with Gasteiger partial charge in [-0.05, 0) is 31.7 Å². The van der Waals surface area contributed by atoms with Crippen LogP contribution in [0.25, 0.3) is 0 Å². The number of nitrogens with one attached hydrogen (secondary N) is 1. The van der Waals surface area contributed by atoms with Crippen molar-refractivity contribution in [2.45, 2.75) is 84.1 Å². The van der Waals surface area contributed by atoms with Crippen LogP contribution >= 0.6 is 11.3 Å². The fourth-order valence-electron chi connectivity index (χ4n) is 3.21. The molecule has 2 nitrogen and oxygen atoms in total. The molecule has 1 aromatic rings. The van der Waals surface area contributed by atoms with Gasteiger partial charge in [-0.15, -0.1) is 11.3 Å². The van der Waals surface area contributed by atoms with Gasteiger partial charge in [0, 0.05) is 23.3 Å². The molecule has 2 rings (SSSR count). The Kier molecular flexibility index (Phi) is 6.24. The minimum atomic E-state index is 0.173. The maximum absolute atomic E-state index is 4.90. The van der Waals surface area contributed by atoms with Gasteiger partial charge >= 0.3 is 0 Å². The van der Waals surface area contributed by atoms with Crippen LogP contribution < -0.4 is 5.32 Å². The Morgan fingerprint density at radius 2 is 2.00 bits per heavy atom. The second kappa shape index (κ2) is 7.73. The molecule has 1 N–H and O–H groups in total. The zero-order valence-electron chi connectivity index (χ0n) is 14.2. The normalized spacial score (nSPS) is 18.9. The molecule has 1 atom stereocenters. The summed E-state index contributed by atoms with van der Waals surface area (Å²) < 4.78 is 0. The van der Waals surface area contributed by atoms with E-state index in [1.54, 1.807) is 0 Å². The van der Waals surface area contributed by atoms with Gasteiger partial charge in [-0.3, -0.25) is 0 Å². The fourth-order valence-corrected chi connectivity index (χ4v) is 4.29. The van der Waals surface area contributed by atoms with Gasteiger partial charge in [-0.1, -0.05) is 47.0 Å². The Bertz CT molecular complexity index is 413. The molecule has 1 heterocycles. The van der Waals surface area contributed by atoms with Gasteiger partial charge in [0.05, 0.1) is 10.7 Å². The highest BCUT2D eigenvalue weighted by Gasteiger charge is 2.25. The smallest absolute Gasteiger partial charge is 0.0944 e. The molecule has 21 heavy (non-hydrogen) atoms. The van der Waals surface area contributed by atoms with Gasteiger partial charge in [0.25, 0.3) is 0 Å². The van der Waals surface area contributed by atoms with Crippen molar-refractivity contribution in [2.75, 3.05) is 6.54 Å². The minimum Gasteiger partial charge on any atom is -0.313 e. The summed E-state index contributed by atoms with van der Waals surface area (Å²) >= 11 is 1.85. The van der Waals surface area contributed by atoms with E-state index in [0.717, 1.165) is 18.9 Å². The second-order valence-electron chi connectivity index (χ2n) is 7.54. The topological polar surface area (TPSA) is 24.9 Å². The zero-order chi connectivity index (χ0) is 15.3. The molecule has 1 aliphatic rings. The first-order valence-electron chi connectivity index (χ1n) is 8.69. The number of hydrogen-bond donors (Lipinski definition) is 1. The van der Waals surface area contributed by atoms with Crippen LogP contribution in [0.15, 0.2) is 5.38 Å². The van der Waals surface area contributed by atoms with Crippen LogP contribution in [0.5, 0.6) is 0 Å². The summed E-state index contributed by atoms with van der Waals surface area (Å²) in [5, 5.41) is 7.38. The Labute approximate surface area is 134 Å². The Morgan fingerprint density at radius 3 is 2.57 bits per heavy atom. The maximum atomic E-state index is 4.90. The molecule has 1 saturated carbocycles. The number of aromatic nitrogens is 1. The molecule has 0 aromatic carbocycles. The SMILES string of the molecule is CCCNC(Cc1nc(C(C)(C)C)cs1)C1CCCCC1. The average molecular weight is 309 g/mol. The molecular weight excluding hydrogens is 276 g/mol. The highest BCUT2D eigenvalue weighted by Crippen LogP contribution is 2.30. The Morgan fingerprint density at radius 1 is 1.29 bits per heavy atom. The lowest BCUT2D eigenvalue weighted by atomic mass is 9.82. The van der Waals surface area contributed by atoms with Crippen molar-refractivity contribution in [3.63, 3.8) is 0 Å². The minimum absolute atomic E-state index is 0.173. The standard InChI is InChI=1S/C18H32N2S/c1-5-11-19-15(14-9-7-6-8-10-14)12-17-20-16(13-21-17)18(2,3)4/h13-15,19H,5-12H2,1-4H3. The second-order valence-corrected chi connectivity index (χ2v) is 8.48. The van der Waals surface area contributed by atoms with Crippen LogP contribution in [-0.2, 0) is 11.8 Å². The van der Waals surface area contributed by atoms with Crippen molar-refractivity contribution in [1.82, 2.24) is 10.3 Å². The Hall–Kier alpha value is -0.410. The fraction of sp³-hybridized carbons (Fsp3) is 0.833. The van der Waals surface area contributed by atoms with E-state index in [4.69, 9.17) is 4.98 Å². The lowest BCUT2D eigenvalue weighted by Gasteiger charge is -2.30. The number of nitrogens with zero attached hydrogens (tertiary/aromatic N) is 1. The lowest BCUT2D eigenvalue weighted by molar-refractivity contribution is 0.267. The van der Waals surface area contributed by atoms with Crippen LogP contribution in [0.3, 0.4) is 0 Å². The van der Waals surface area contributed by atoms with Crippen molar-refractivity contribution in [2.24, 2.45) is 5.92 Å². The molecule has 1 aliphatic carbocycles. The first kappa shape index (κ1) is 17.0. The lowest BCUT2D eigenvalue weighted by Crippen LogP contribution is -2.39. The summed E-state index contributed by atoms with van der Waals surface area (Å²) in [7, 11) is 0. The van der Waals surface area contributed by atoms with E-state index < -0.39 is 0 Å². The summed E-state index contributed by atoms with van der Waals surface area (Å²) in [4.78, 5) is 4.90. The van der Waals surface area contributed by atoms with Gasteiger partial charge in [-0.2, -0.15) is 0 Å². The van der Waals surface area contributed by atoms with Crippen LogP contribution in [0, 0.1) is 5.92 Å². The first-order chi connectivity index (χ1) is 10.0. The summed E-state index contributed by atoms with van der Waals surface area (Å²) in [5.74, 6) is 0.854. The van der Waals surface area contributed by atoms with E-state index in [1.807, 2.05) is 11.3 Å². The van der Waals surface area contributed by atoms with Crippen LogP contribution in [0.2, 0.25) is 0 Å². The van der Waals surface area contributed by atoms with Crippen LogP contribution in [0.4, 0.5) is 0 Å².